The molecule has 2 aromatic carbocycles. The molecule has 0 spiro atoms. The molecule has 4 heteroatoms. The van der Waals surface area contributed by atoms with Crippen molar-refractivity contribution in [2.24, 2.45) is 0 Å². The maximum absolute atomic E-state index is 2.26. The van der Waals surface area contributed by atoms with Crippen molar-refractivity contribution in [3.05, 3.63) is 42.0 Å². The summed E-state index contributed by atoms with van der Waals surface area (Å²) in [5, 5.41) is 2.73. The Morgan fingerprint density at radius 2 is 1.67 bits per heavy atom. The van der Waals surface area contributed by atoms with Gasteiger partial charge < -0.3 is 37.2 Å². The van der Waals surface area contributed by atoms with Gasteiger partial charge in [-0.2, -0.15) is 6.07 Å². The fourth-order valence-corrected chi connectivity index (χ4v) is 1.42. The summed E-state index contributed by atoms with van der Waals surface area (Å²) in [5.74, 6) is 0. The van der Waals surface area contributed by atoms with Crippen molar-refractivity contribution in [2.75, 3.05) is 0 Å². The number of hydrogen-bond acceptors (Lipinski definition) is 0. The summed E-state index contributed by atoms with van der Waals surface area (Å²) in [5.41, 5.74) is 1.44. The SMILES string of the molecule is CCc1cc2ccccc2[cH-]1.[Cl-].[Cl-].[Cl-].[Ti+4]. The minimum absolute atomic E-state index is 0. The standard InChI is InChI=1S/C11H11.3ClH.Ti/c1-2-9-7-10-5-3-4-6-11(10)8-9;;;;/h3-8H,2H2,1H3;3*1H;/q-1;;;;+4/p-3. The van der Waals surface area contributed by atoms with E-state index in [1.165, 1.54) is 16.3 Å². The average Bonchev–Trinajstić information content (AvgIpc) is 2.46. The molecular formula is C11H11Cl3Ti. The van der Waals surface area contributed by atoms with Crippen LogP contribution in [0.3, 0.4) is 0 Å². The number of rotatable bonds is 1. The van der Waals surface area contributed by atoms with E-state index in [-0.39, 0.29) is 58.9 Å². The molecule has 2 aromatic rings. The van der Waals surface area contributed by atoms with Crippen LogP contribution in [0.15, 0.2) is 36.4 Å². The van der Waals surface area contributed by atoms with Crippen LogP contribution in [0.25, 0.3) is 10.8 Å². The molecule has 0 amide bonds. The predicted molar refractivity (Wildman–Crippen MR) is 48.9 cm³/mol. The summed E-state index contributed by atoms with van der Waals surface area (Å²) in [6, 6.07) is 13.0. The van der Waals surface area contributed by atoms with Crippen molar-refractivity contribution < 1.29 is 58.9 Å². The first-order chi connectivity index (χ1) is 5.40. The molecule has 0 saturated carbocycles. The van der Waals surface area contributed by atoms with Gasteiger partial charge in [0.05, 0.1) is 0 Å². The average molecular weight is 297 g/mol. The third-order valence-electron chi connectivity index (χ3n) is 2.09. The van der Waals surface area contributed by atoms with Gasteiger partial charge in [0.25, 0.3) is 0 Å². The second-order valence-corrected chi connectivity index (χ2v) is 2.85. The largest absolute Gasteiger partial charge is 4.00 e. The molecule has 0 heterocycles. The summed E-state index contributed by atoms with van der Waals surface area (Å²) in [7, 11) is 0. The molecule has 0 nitrogen and oxygen atoms in total. The van der Waals surface area contributed by atoms with Gasteiger partial charge in [-0.15, -0.1) is 40.6 Å². The zero-order valence-electron chi connectivity index (χ0n) is 8.31. The summed E-state index contributed by atoms with van der Waals surface area (Å²) in [4.78, 5) is 0. The Labute approximate surface area is 124 Å². The minimum Gasteiger partial charge on any atom is -1.00 e. The van der Waals surface area contributed by atoms with E-state index in [2.05, 4.69) is 43.3 Å². The van der Waals surface area contributed by atoms with Crippen molar-refractivity contribution in [1.29, 1.82) is 0 Å². The molecule has 0 aliphatic rings. The van der Waals surface area contributed by atoms with Gasteiger partial charge in [0.15, 0.2) is 0 Å². The van der Waals surface area contributed by atoms with Crippen LogP contribution in [0.4, 0.5) is 0 Å². The molecule has 0 aromatic heterocycles. The summed E-state index contributed by atoms with van der Waals surface area (Å²) < 4.78 is 0. The van der Waals surface area contributed by atoms with Gasteiger partial charge in [0, 0.05) is 0 Å². The molecule has 0 unspecified atom stereocenters. The molecule has 0 radical (unpaired) electrons. The zero-order valence-corrected chi connectivity index (χ0v) is 12.1. The van der Waals surface area contributed by atoms with Crippen molar-refractivity contribution in [3.8, 4) is 0 Å². The van der Waals surface area contributed by atoms with E-state index in [0.29, 0.717) is 0 Å². The zero-order chi connectivity index (χ0) is 7.68. The maximum Gasteiger partial charge on any atom is 4.00 e. The number of hydrogen-bond donors (Lipinski definition) is 0. The Kier molecular flexibility index (Phi) is 13.3. The van der Waals surface area contributed by atoms with Crippen LogP contribution >= 0.6 is 0 Å². The van der Waals surface area contributed by atoms with E-state index in [9.17, 15) is 0 Å². The Morgan fingerprint density at radius 3 is 2.20 bits per heavy atom. The molecule has 15 heavy (non-hydrogen) atoms. The van der Waals surface area contributed by atoms with E-state index < -0.39 is 0 Å². The van der Waals surface area contributed by atoms with E-state index >= 15 is 0 Å². The van der Waals surface area contributed by atoms with Crippen LogP contribution in [0.1, 0.15) is 12.5 Å². The van der Waals surface area contributed by atoms with Crippen LogP contribution in [0, 0.1) is 0 Å². The van der Waals surface area contributed by atoms with Crippen LogP contribution < -0.4 is 37.2 Å². The second kappa shape index (κ2) is 9.63. The predicted octanol–water partition coefficient (Wildman–Crippen LogP) is -5.87. The Balaban J connectivity index is -0.000000360. The fourth-order valence-electron chi connectivity index (χ4n) is 1.42. The molecule has 0 atom stereocenters. The van der Waals surface area contributed by atoms with Gasteiger partial charge in [0.2, 0.25) is 0 Å². The van der Waals surface area contributed by atoms with E-state index in [1.54, 1.807) is 0 Å². The molecule has 0 N–H and O–H groups in total. The first-order valence-corrected chi connectivity index (χ1v) is 4.04. The molecular weight excluding hydrogens is 286 g/mol. The Morgan fingerprint density at radius 1 is 1.07 bits per heavy atom. The third kappa shape index (κ3) is 4.84. The van der Waals surface area contributed by atoms with Crippen molar-refractivity contribution >= 4 is 10.8 Å². The van der Waals surface area contributed by atoms with Crippen molar-refractivity contribution in [3.63, 3.8) is 0 Å². The summed E-state index contributed by atoms with van der Waals surface area (Å²) in [6.07, 6.45) is 1.13. The molecule has 0 aliphatic carbocycles. The topological polar surface area (TPSA) is 0 Å². The van der Waals surface area contributed by atoms with E-state index in [0.717, 1.165) is 6.42 Å². The number of halogens is 3. The van der Waals surface area contributed by atoms with Crippen LogP contribution in [-0.4, -0.2) is 0 Å². The van der Waals surface area contributed by atoms with Crippen LogP contribution in [0.5, 0.6) is 0 Å². The molecule has 0 bridgehead atoms. The molecule has 2 rings (SSSR count). The number of fused-ring (bicyclic) bond motifs is 1. The maximum atomic E-state index is 2.26. The van der Waals surface area contributed by atoms with Crippen molar-refractivity contribution in [1.82, 2.24) is 0 Å². The summed E-state index contributed by atoms with van der Waals surface area (Å²) >= 11 is 0. The van der Waals surface area contributed by atoms with Gasteiger partial charge in [-0.3, -0.25) is 0 Å². The molecule has 0 aliphatic heterocycles. The van der Waals surface area contributed by atoms with Gasteiger partial charge in [-0.1, -0.05) is 13.0 Å². The Bertz CT molecular complexity index is 338. The van der Waals surface area contributed by atoms with Gasteiger partial charge in [-0.05, 0) is 6.42 Å². The number of aryl methyl sites for hydroxylation is 1. The smallest absolute Gasteiger partial charge is 1.00 e. The minimum atomic E-state index is 0. The van der Waals surface area contributed by atoms with Gasteiger partial charge in [-0.25, -0.2) is 0 Å². The first kappa shape index (κ1) is 20.8. The van der Waals surface area contributed by atoms with Crippen LogP contribution in [0.2, 0.25) is 0 Å². The Hall–Kier alpha value is 0.414. The first-order valence-electron chi connectivity index (χ1n) is 4.04. The van der Waals surface area contributed by atoms with E-state index in [4.69, 9.17) is 0 Å². The van der Waals surface area contributed by atoms with Crippen LogP contribution in [-0.2, 0) is 28.1 Å². The second-order valence-electron chi connectivity index (χ2n) is 2.85. The normalized spacial score (nSPS) is 7.80. The quantitative estimate of drug-likeness (QED) is 0.363. The fraction of sp³-hybridized carbons (Fsp3) is 0.182. The molecule has 0 saturated heterocycles. The number of benzene rings is 1. The molecule has 0 fully saturated rings. The molecule has 80 valence electrons. The summed E-state index contributed by atoms with van der Waals surface area (Å²) in [6.45, 7) is 2.19. The van der Waals surface area contributed by atoms with Crippen molar-refractivity contribution in [2.45, 2.75) is 13.3 Å². The monoisotopic (exact) mass is 296 g/mol. The third-order valence-corrected chi connectivity index (χ3v) is 2.09. The van der Waals surface area contributed by atoms with Gasteiger partial charge >= 0.3 is 21.7 Å². The van der Waals surface area contributed by atoms with Gasteiger partial charge in [0.1, 0.15) is 0 Å². The van der Waals surface area contributed by atoms with E-state index in [1.807, 2.05) is 0 Å².